The van der Waals surface area contributed by atoms with E-state index in [1.54, 1.807) is 23.8 Å². The van der Waals surface area contributed by atoms with Gasteiger partial charge in [-0.1, -0.05) is 18.2 Å². The molecule has 0 spiro atoms. The Morgan fingerprint density at radius 2 is 1.90 bits per heavy atom. The number of likely N-dealkylation sites (N-methyl/N-ethyl adjacent to an activating group) is 1. The molecule has 1 fully saturated rings. The van der Waals surface area contributed by atoms with Gasteiger partial charge < -0.3 is 14.5 Å². The van der Waals surface area contributed by atoms with Gasteiger partial charge in [-0.15, -0.1) is 11.8 Å². The summed E-state index contributed by atoms with van der Waals surface area (Å²) in [5, 5.41) is -0.318. The number of carbonyl (C=O) groups excluding carboxylic acids is 2. The molecular weight excluding hydrogens is 391 g/mol. The summed E-state index contributed by atoms with van der Waals surface area (Å²) in [5.74, 6) is 0.245. The van der Waals surface area contributed by atoms with Crippen LogP contribution in [-0.2, 0) is 4.79 Å². The highest BCUT2D eigenvalue weighted by molar-refractivity contribution is 8.01. The molecule has 0 saturated carbocycles. The van der Waals surface area contributed by atoms with Crippen molar-refractivity contribution in [2.45, 2.75) is 24.5 Å². The first-order valence-electron chi connectivity index (χ1n) is 9.60. The molecule has 1 saturated heterocycles. The quantitative estimate of drug-likeness (QED) is 0.686. The van der Waals surface area contributed by atoms with Crippen molar-refractivity contribution >= 4 is 23.6 Å². The van der Waals surface area contributed by atoms with Crippen molar-refractivity contribution in [2.24, 2.45) is 0 Å². The minimum atomic E-state index is -0.377. The van der Waals surface area contributed by atoms with Crippen molar-refractivity contribution in [3.05, 3.63) is 65.5 Å². The van der Waals surface area contributed by atoms with Gasteiger partial charge in [0.05, 0.1) is 12.4 Å². The summed E-state index contributed by atoms with van der Waals surface area (Å²) in [6.07, 6.45) is 0. The molecule has 0 aliphatic carbocycles. The number of carbonyl (C=O) groups is 2. The maximum Gasteiger partial charge on any atom is 0.253 e. The Labute approximate surface area is 174 Å². The summed E-state index contributed by atoms with van der Waals surface area (Å²) in [6.45, 7) is 5.11. The zero-order chi connectivity index (χ0) is 21.0. The molecule has 154 valence electrons. The lowest BCUT2D eigenvalue weighted by molar-refractivity contribution is -0.130. The molecule has 2 atom stereocenters. The van der Waals surface area contributed by atoms with E-state index in [1.807, 2.05) is 43.0 Å². The van der Waals surface area contributed by atoms with Crippen LogP contribution in [0.25, 0.3) is 0 Å². The largest absolute Gasteiger partial charge is 0.496 e. The van der Waals surface area contributed by atoms with Crippen LogP contribution in [0.1, 0.15) is 35.1 Å². The van der Waals surface area contributed by atoms with Crippen LogP contribution in [0, 0.1) is 5.82 Å². The van der Waals surface area contributed by atoms with Crippen molar-refractivity contribution in [3.8, 4) is 5.75 Å². The number of nitrogens with zero attached hydrogens (tertiary/aromatic N) is 2. The van der Waals surface area contributed by atoms with Gasteiger partial charge in [0.1, 0.15) is 16.9 Å². The Kier molecular flexibility index (Phi) is 6.79. The van der Waals surface area contributed by atoms with Crippen LogP contribution >= 0.6 is 11.8 Å². The average molecular weight is 417 g/mol. The van der Waals surface area contributed by atoms with E-state index >= 15 is 0 Å². The minimum absolute atomic E-state index is 0.0520. The fraction of sp³-hybridized carbons (Fsp3) is 0.364. The van der Waals surface area contributed by atoms with E-state index in [1.165, 1.54) is 24.3 Å². The van der Waals surface area contributed by atoms with Gasteiger partial charge >= 0.3 is 0 Å². The van der Waals surface area contributed by atoms with Crippen molar-refractivity contribution < 1.29 is 18.7 Å². The first kappa shape index (κ1) is 21.2. The van der Waals surface area contributed by atoms with Gasteiger partial charge in [0.25, 0.3) is 5.91 Å². The Bertz CT molecular complexity index is 875. The highest BCUT2D eigenvalue weighted by Crippen LogP contribution is 2.45. The van der Waals surface area contributed by atoms with Gasteiger partial charge in [0.2, 0.25) is 5.91 Å². The zero-order valence-corrected chi connectivity index (χ0v) is 17.6. The van der Waals surface area contributed by atoms with Gasteiger partial charge in [-0.05, 0) is 44.2 Å². The average Bonchev–Trinajstić information content (AvgIpc) is 3.02. The Morgan fingerprint density at radius 1 is 1.21 bits per heavy atom. The molecule has 1 heterocycles. The van der Waals surface area contributed by atoms with Crippen LogP contribution in [0.2, 0.25) is 0 Å². The third-order valence-electron chi connectivity index (χ3n) is 5.02. The number of halogens is 1. The van der Waals surface area contributed by atoms with Crippen molar-refractivity contribution in [2.75, 3.05) is 26.7 Å². The summed E-state index contributed by atoms with van der Waals surface area (Å²) in [6, 6.07) is 13.2. The molecule has 2 aromatic carbocycles. The van der Waals surface area contributed by atoms with Crippen LogP contribution in [0.15, 0.2) is 48.5 Å². The lowest BCUT2D eigenvalue weighted by Gasteiger charge is -2.29. The number of thioether (sulfide) groups is 1. The number of hydrogen-bond donors (Lipinski definition) is 0. The molecule has 5 nitrogen and oxygen atoms in total. The van der Waals surface area contributed by atoms with Crippen LogP contribution < -0.4 is 4.74 Å². The van der Waals surface area contributed by atoms with E-state index in [0.717, 1.165) is 11.3 Å². The fourth-order valence-electron chi connectivity index (χ4n) is 3.42. The van der Waals surface area contributed by atoms with Gasteiger partial charge in [-0.2, -0.15) is 0 Å². The fourth-order valence-corrected chi connectivity index (χ4v) is 4.76. The van der Waals surface area contributed by atoms with Crippen LogP contribution in [0.3, 0.4) is 0 Å². The van der Waals surface area contributed by atoms with Gasteiger partial charge in [0.15, 0.2) is 0 Å². The SMILES string of the molecule is CCN(CCN1C(=O)C(C)SC1c1ccccc1OC)C(=O)c1ccc(F)cc1. The smallest absolute Gasteiger partial charge is 0.253 e. The molecule has 7 heteroatoms. The predicted octanol–water partition coefficient (Wildman–Crippen LogP) is 3.96. The van der Waals surface area contributed by atoms with Gasteiger partial charge in [-0.25, -0.2) is 4.39 Å². The molecule has 1 aliphatic rings. The van der Waals surface area contributed by atoms with Crippen molar-refractivity contribution in [3.63, 3.8) is 0 Å². The second kappa shape index (κ2) is 9.31. The maximum atomic E-state index is 13.1. The third-order valence-corrected chi connectivity index (χ3v) is 6.40. The van der Waals surface area contributed by atoms with Crippen LogP contribution in [0.4, 0.5) is 4.39 Å². The normalized spacial score (nSPS) is 18.8. The Balaban J connectivity index is 1.76. The Morgan fingerprint density at radius 3 is 2.55 bits per heavy atom. The number of para-hydroxylation sites is 1. The van der Waals surface area contributed by atoms with Gasteiger partial charge in [0, 0.05) is 30.8 Å². The summed E-state index contributed by atoms with van der Waals surface area (Å²) in [4.78, 5) is 29.0. The number of benzene rings is 2. The summed E-state index contributed by atoms with van der Waals surface area (Å²) >= 11 is 1.58. The number of hydrogen-bond acceptors (Lipinski definition) is 4. The molecule has 0 N–H and O–H groups in total. The number of rotatable bonds is 7. The molecular formula is C22H25FN2O3S. The van der Waals surface area contributed by atoms with Crippen molar-refractivity contribution in [1.82, 2.24) is 9.80 Å². The van der Waals surface area contributed by atoms with E-state index in [4.69, 9.17) is 4.74 Å². The maximum absolute atomic E-state index is 13.1. The van der Waals surface area contributed by atoms with Crippen molar-refractivity contribution in [1.29, 1.82) is 0 Å². The highest BCUT2D eigenvalue weighted by Gasteiger charge is 2.39. The monoisotopic (exact) mass is 416 g/mol. The first-order chi connectivity index (χ1) is 14.0. The molecule has 2 aromatic rings. The van der Waals surface area contributed by atoms with Gasteiger partial charge in [-0.3, -0.25) is 9.59 Å². The third kappa shape index (κ3) is 4.56. The minimum Gasteiger partial charge on any atom is -0.496 e. The molecule has 1 aliphatic heterocycles. The van der Waals surface area contributed by atoms with E-state index in [2.05, 4.69) is 0 Å². The lowest BCUT2D eigenvalue weighted by Crippen LogP contribution is -2.40. The molecule has 2 unspecified atom stereocenters. The lowest BCUT2D eigenvalue weighted by atomic mass is 10.1. The first-order valence-corrected chi connectivity index (χ1v) is 10.5. The highest BCUT2D eigenvalue weighted by atomic mass is 32.2. The molecule has 0 aromatic heterocycles. The standard InChI is InChI=1S/C22H25FN2O3S/c1-4-24(21(27)16-9-11-17(23)12-10-16)13-14-25-20(26)15(2)29-22(25)18-7-5-6-8-19(18)28-3/h5-12,15,22H,4,13-14H2,1-3H3. The summed E-state index contributed by atoms with van der Waals surface area (Å²) < 4.78 is 18.6. The second-order valence-corrected chi connectivity index (χ2v) is 8.22. The topological polar surface area (TPSA) is 49.9 Å². The van der Waals surface area contributed by atoms with Crippen LogP contribution in [0.5, 0.6) is 5.75 Å². The number of methoxy groups -OCH3 is 1. The van der Waals surface area contributed by atoms with E-state index in [0.29, 0.717) is 25.2 Å². The molecule has 0 bridgehead atoms. The Hall–Kier alpha value is -2.54. The summed E-state index contributed by atoms with van der Waals surface area (Å²) in [5.41, 5.74) is 1.38. The van der Waals surface area contributed by atoms with E-state index in [-0.39, 0.29) is 28.3 Å². The number of ether oxygens (including phenoxy) is 1. The molecule has 3 rings (SSSR count). The zero-order valence-electron chi connectivity index (χ0n) is 16.8. The molecule has 0 radical (unpaired) electrons. The summed E-state index contributed by atoms with van der Waals surface area (Å²) in [7, 11) is 1.62. The van der Waals surface area contributed by atoms with E-state index in [9.17, 15) is 14.0 Å². The molecule has 2 amide bonds. The predicted molar refractivity (Wildman–Crippen MR) is 112 cm³/mol. The molecule has 29 heavy (non-hydrogen) atoms. The van der Waals surface area contributed by atoms with E-state index < -0.39 is 0 Å². The van der Waals surface area contributed by atoms with Crippen LogP contribution in [-0.4, -0.2) is 53.6 Å². The second-order valence-electron chi connectivity index (χ2n) is 6.80. The number of amides is 2.